The zero-order chi connectivity index (χ0) is 24.8. The lowest BCUT2D eigenvalue weighted by molar-refractivity contribution is 0.0695. The van der Waals surface area contributed by atoms with E-state index in [-0.39, 0.29) is 23.7 Å². The van der Waals surface area contributed by atoms with Crippen molar-refractivity contribution in [3.05, 3.63) is 83.2 Å². The Morgan fingerprint density at radius 3 is 2.58 bits per heavy atom. The van der Waals surface area contributed by atoms with Crippen LogP contribution in [-0.2, 0) is 0 Å². The van der Waals surface area contributed by atoms with Gasteiger partial charge in [-0.1, -0.05) is 30.3 Å². The number of halogens is 1. The van der Waals surface area contributed by atoms with E-state index < -0.39 is 0 Å². The lowest BCUT2D eigenvalue weighted by Crippen LogP contribution is -2.45. The van der Waals surface area contributed by atoms with Crippen LogP contribution in [0.5, 0.6) is 11.5 Å². The maximum Gasteiger partial charge on any atom is 0.255 e. The number of likely N-dealkylation sites (tertiary alicyclic amines) is 1. The Labute approximate surface area is 209 Å². The number of fused-ring (bicyclic) bond motifs is 2. The number of hydrogen-bond donors (Lipinski definition) is 1. The molecule has 6 nitrogen and oxygen atoms in total. The van der Waals surface area contributed by atoms with Gasteiger partial charge in [0.2, 0.25) is 0 Å². The molecule has 3 aromatic rings. The highest BCUT2D eigenvalue weighted by atomic mass is 19.1. The van der Waals surface area contributed by atoms with Crippen molar-refractivity contribution in [2.24, 2.45) is 11.8 Å². The summed E-state index contributed by atoms with van der Waals surface area (Å²) in [5.41, 5.74) is 3.62. The van der Waals surface area contributed by atoms with Crippen LogP contribution in [0.4, 0.5) is 4.39 Å². The van der Waals surface area contributed by atoms with Gasteiger partial charge < -0.3 is 19.7 Å². The topological polar surface area (TPSA) is 67.9 Å². The number of hydrogen-bond acceptors (Lipinski definition) is 4. The maximum absolute atomic E-state index is 13.8. The monoisotopic (exact) mass is 486 g/mol. The number of piperidine rings is 1. The van der Waals surface area contributed by atoms with Crippen LogP contribution in [0.15, 0.2) is 60.7 Å². The van der Waals surface area contributed by atoms with E-state index in [0.29, 0.717) is 60.8 Å². The summed E-state index contributed by atoms with van der Waals surface area (Å²) in [4.78, 5) is 28.8. The molecule has 0 aromatic heterocycles. The minimum Gasteiger partial charge on any atom is -0.486 e. The van der Waals surface area contributed by atoms with Crippen LogP contribution in [0.2, 0.25) is 0 Å². The molecule has 36 heavy (non-hydrogen) atoms. The Bertz CT molecular complexity index is 1340. The summed E-state index contributed by atoms with van der Waals surface area (Å²) in [7, 11) is 0. The summed E-state index contributed by atoms with van der Waals surface area (Å²) < 4.78 is 24.8. The molecule has 1 saturated heterocycles. The van der Waals surface area contributed by atoms with Gasteiger partial charge in [0, 0.05) is 18.7 Å². The largest absolute Gasteiger partial charge is 0.486 e. The molecular formula is C29H27FN2O4. The molecule has 1 saturated carbocycles. The second kappa shape index (κ2) is 8.97. The number of amides is 2. The molecule has 2 aliphatic heterocycles. The fraction of sp³-hybridized carbons (Fsp3) is 0.310. The molecule has 3 atom stereocenters. The molecule has 3 aliphatic rings. The summed E-state index contributed by atoms with van der Waals surface area (Å²) in [5, 5.41) is 3.04. The number of benzene rings is 3. The third kappa shape index (κ3) is 3.98. The molecule has 6 rings (SSSR count). The minimum absolute atomic E-state index is 0.0571. The predicted octanol–water partition coefficient (Wildman–Crippen LogP) is 4.46. The van der Waals surface area contributed by atoms with Crippen LogP contribution >= 0.6 is 0 Å². The van der Waals surface area contributed by atoms with Crippen LogP contribution in [0.1, 0.15) is 32.7 Å². The van der Waals surface area contributed by atoms with Gasteiger partial charge in [0.15, 0.2) is 11.5 Å². The van der Waals surface area contributed by atoms with Crippen molar-refractivity contribution >= 4 is 11.8 Å². The van der Waals surface area contributed by atoms with E-state index in [1.165, 1.54) is 12.1 Å². The van der Waals surface area contributed by atoms with Crippen LogP contribution in [0.3, 0.4) is 0 Å². The summed E-state index contributed by atoms with van der Waals surface area (Å²) in [6.45, 7) is 3.87. The van der Waals surface area contributed by atoms with Crippen LogP contribution < -0.4 is 14.8 Å². The van der Waals surface area contributed by atoms with Gasteiger partial charge in [-0.2, -0.15) is 0 Å². The molecule has 1 aliphatic carbocycles. The van der Waals surface area contributed by atoms with E-state index in [1.807, 2.05) is 30.0 Å². The van der Waals surface area contributed by atoms with Gasteiger partial charge in [-0.15, -0.1) is 0 Å². The van der Waals surface area contributed by atoms with E-state index in [4.69, 9.17) is 9.47 Å². The van der Waals surface area contributed by atoms with E-state index in [9.17, 15) is 14.0 Å². The van der Waals surface area contributed by atoms with Crippen molar-refractivity contribution in [2.45, 2.75) is 19.4 Å². The second-order valence-corrected chi connectivity index (χ2v) is 9.73. The smallest absolute Gasteiger partial charge is 0.255 e. The second-order valence-electron chi connectivity index (χ2n) is 9.73. The Morgan fingerprint density at radius 2 is 1.75 bits per heavy atom. The highest BCUT2D eigenvalue weighted by Crippen LogP contribution is 2.50. The summed E-state index contributed by atoms with van der Waals surface area (Å²) in [6.07, 6.45) is 1.07. The molecule has 7 heteroatoms. The number of nitrogens with one attached hydrogen (secondary N) is 1. The lowest BCUT2D eigenvalue weighted by atomic mass is 9.94. The number of aryl methyl sites for hydroxylation is 1. The summed E-state index contributed by atoms with van der Waals surface area (Å²) in [5.74, 6) is 1.28. The normalized spacial score (nSPS) is 21.6. The van der Waals surface area contributed by atoms with Crippen molar-refractivity contribution in [3.63, 3.8) is 0 Å². The van der Waals surface area contributed by atoms with E-state index >= 15 is 0 Å². The van der Waals surface area contributed by atoms with Gasteiger partial charge in [0.05, 0.1) is 11.6 Å². The first-order valence-electron chi connectivity index (χ1n) is 12.3. The fourth-order valence-electron chi connectivity index (χ4n) is 5.61. The molecule has 2 fully saturated rings. The van der Waals surface area contributed by atoms with Crippen molar-refractivity contribution in [3.8, 4) is 22.6 Å². The predicted molar refractivity (Wildman–Crippen MR) is 133 cm³/mol. The number of carbonyl (C=O) groups excluding carboxylic acids is 2. The third-order valence-electron chi connectivity index (χ3n) is 7.48. The lowest BCUT2D eigenvalue weighted by Gasteiger charge is -2.29. The zero-order valence-corrected chi connectivity index (χ0v) is 20.0. The number of ether oxygens (including phenoxy) is 2. The number of nitrogens with zero attached hydrogens (tertiary/aromatic N) is 1. The minimum atomic E-state index is -0.313. The number of carbonyl (C=O) groups is 2. The van der Waals surface area contributed by atoms with Crippen LogP contribution in [0, 0.1) is 24.6 Å². The molecule has 0 spiro atoms. The van der Waals surface area contributed by atoms with Gasteiger partial charge in [-0.25, -0.2) is 4.39 Å². The molecule has 0 radical (unpaired) electrons. The van der Waals surface area contributed by atoms with E-state index in [1.54, 1.807) is 30.3 Å². The van der Waals surface area contributed by atoms with Gasteiger partial charge in [0.25, 0.3) is 11.8 Å². The molecule has 3 aromatic carbocycles. The van der Waals surface area contributed by atoms with Crippen LogP contribution in [-0.4, -0.2) is 49.1 Å². The van der Waals surface area contributed by atoms with Gasteiger partial charge in [-0.3, -0.25) is 9.59 Å². The first kappa shape index (κ1) is 22.6. The number of para-hydroxylation sites is 1. The summed E-state index contributed by atoms with van der Waals surface area (Å²) in [6, 6.07) is 17.1. The SMILES string of the molecule is Cc1cccc(C(=O)N2C[C@H]3C[C@H]3[C@H]2CNC(=O)c2cccc3c2OCCO3)c1-c1ccc(F)cc1. The molecule has 0 unspecified atom stereocenters. The van der Waals surface area contributed by atoms with Gasteiger partial charge >= 0.3 is 0 Å². The molecule has 2 heterocycles. The molecule has 0 bridgehead atoms. The van der Waals surface area contributed by atoms with Gasteiger partial charge in [-0.05, 0) is 72.2 Å². The third-order valence-corrected chi connectivity index (χ3v) is 7.48. The molecular weight excluding hydrogens is 459 g/mol. The van der Waals surface area contributed by atoms with Gasteiger partial charge in [0.1, 0.15) is 19.0 Å². The summed E-state index contributed by atoms with van der Waals surface area (Å²) >= 11 is 0. The van der Waals surface area contributed by atoms with E-state index in [0.717, 1.165) is 23.1 Å². The Morgan fingerprint density at radius 1 is 1.00 bits per heavy atom. The molecule has 2 amide bonds. The van der Waals surface area contributed by atoms with Crippen molar-refractivity contribution < 1.29 is 23.5 Å². The Hall–Kier alpha value is -3.87. The van der Waals surface area contributed by atoms with E-state index in [2.05, 4.69) is 5.32 Å². The van der Waals surface area contributed by atoms with Crippen molar-refractivity contribution in [1.29, 1.82) is 0 Å². The average Bonchev–Trinajstić information content (AvgIpc) is 3.58. The molecule has 184 valence electrons. The fourth-order valence-corrected chi connectivity index (χ4v) is 5.61. The first-order valence-corrected chi connectivity index (χ1v) is 12.3. The standard InChI is InChI=1S/C29H27FN2O4/c1-17-4-2-5-21(26(17)18-8-10-20(30)11-9-18)29(34)32-16-19-14-23(19)24(32)15-31-28(33)22-6-3-7-25-27(22)36-13-12-35-25/h2-11,19,23-24H,12-16H2,1H3,(H,31,33)/t19-,23-,24-/m1/s1. The molecule has 1 N–H and O–H groups in total. The van der Waals surface area contributed by atoms with Crippen LogP contribution in [0.25, 0.3) is 11.1 Å². The Balaban J connectivity index is 1.23. The highest BCUT2D eigenvalue weighted by molar-refractivity contribution is 6.02. The Kier molecular flexibility index (Phi) is 5.63. The highest BCUT2D eigenvalue weighted by Gasteiger charge is 2.54. The van der Waals surface area contributed by atoms with Crippen molar-refractivity contribution in [1.82, 2.24) is 10.2 Å². The maximum atomic E-state index is 13.8. The first-order chi connectivity index (χ1) is 17.5. The van der Waals surface area contributed by atoms with Crippen molar-refractivity contribution in [2.75, 3.05) is 26.3 Å². The number of rotatable bonds is 5. The average molecular weight is 487 g/mol. The quantitative estimate of drug-likeness (QED) is 0.578. The zero-order valence-electron chi connectivity index (χ0n) is 20.0.